The molecule has 0 radical (unpaired) electrons. The molecule has 0 saturated carbocycles. The summed E-state index contributed by atoms with van der Waals surface area (Å²) in [6, 6.07) is 0. The zero-order valence-electron chi connectivity index (χ0n) is 9.53. The third-order valence-corrected chi connectivity index (χ3v) is 4.45. The molecule has 5 nitrogen and oxygen atoms in total. The maximum Gasteiger partial charge on any atom is 0.278 e. The summed E-state index contributed by atoms with van der Waals surface area (Å²) in [5.41, 5.74) is 2.89. The average molecular weight is 320 g/mol. The molecule has 1 N–H and O–H groups in total. The van der Waals surface area contributed by atoms with Gasteiger partial charge in [0.2, 0.25) is 5.88 Å². The van der Waals surface area contributed by atoms with Crippen LogP contribution in [0.5, 0.6) is 5.88 Å². The third-order valence-electron chi connectivity index (χ3n) is 2.62. The van der Waals surface area contributed by atoms with Crippen LogP contribution < -0.4 is 10.2 Å². The molecule has 2 heterocycles. The lowest BCUT2D eigenvalue weighted by molar-refractivity contribution is 0.0753. The second-order valence-corrected chi connectivity index (χ2v) is 5.39. The van der Waals surface area contributed by atoms with Crippen molar-refractivity contribution in [2.75, 3.05) is 20.2 Å². The first-order chi connectivity index (χ1) is 8.22. The Morgan fingerprint density at radius 1 is 1.47 bits per heavy atom. The van der Waals surface area contributed by atoms with Gasteiger partial charge in [0.25, 0.3) is 5.91 Å². The summed E-state index contributed by atoms with van der Waals surface area (Å²) in [5, 5.41) is 1.96. The fourth-order valence-corrected chi connectivity index (χ4v) is 3.13. The molecule has 0 aliphatic carbocycles. The Labute approximate surface area is 112 Å². The predicted molar refractivity (Wildman–Crippen MR) is 69.3 cm³/mol. The minimum atomic E-state index is -0.125. The van der Waals surface area contributed by atoms with Crippen LogP contribution in [0.4, 0.5) is 0 Å². The Kier molecular flexibility index (Phi) is 4.36. The topological polar surface area (TPSA) is 54.5 Å². The minimum Gasteiger partial charge on any atom is -0.480 e. The van der Waals surface area contributed by atoms with Gasteiger partial charge >= 0.3 is 0 Å². The molecular formula is C10H14BrN3O2S. The molecule has 0 unspecified atom stereocenters. The van der Waals surface area contributed by atoms with E-state index in [1.165, 1.54) is 13.5 Å². The molecule has 1 fully saturated rings. The first kappa shape index (κ1) is 12.8. The van der Waals surface area contributed by atoms with Gasteiger partial charge in [0, 0.05) is 13.1 Å². The van der Waals surface area contributed by atoms with Crippen LogP contribution in [0.15, 0.2) is 4.47 Å². The van der Waals surface area contributed by atoms with Crippen LogP contribution in [0.2, 0.25) is 0 Å². The number of hydrogen-bond acceptors (Lipinski definition) is 5. The molecule has 1 aromatic rings. The number of methoxy groups -OCH3 is 1. The van der Waals surface area contributed by atoms with Crippen molar-refractivity contribution in [1.82, 2.24) is 14.8 Å². The molecule has 1 aromatic heterocycles. The lowest BCUT2D eigenvalue weighted by Crippen LogP contribution is -2.44. The number of amides is 1. The summed E-state index contributed by atoms with van der Waals surface area (Å²) in [5.74, 6) is 0.332. The smallest absolute Gasteiger partial charge is 0.278 e. The Balaban J connectivity index is 2.01. The van der Waals surface area contributed by atoms with Crippen LogP contribution >= 0.6 is 27.5 Å². The molecule has 94 valence electrons. The summed E-state index contributed by atoms with van der Waals surface area (Å²) in [4.78, 5) is 12.5. The van der Waals surface area contributed by atoms with Crippen LogP contribution in [0.25, 0.3) is 0 Å². The summed E-state index contributed by atoms with van der Waals surface area (Å²) in [6.07, 6.45) is 3.51. The fourth-order valence-electron chi connectivity index (χ4n) is 1.73. The van der Waals surface area contributed by atoms with E-state index in [-0.39, 0.29) is 5.91 Å². The van der Waals surface area contributed by atoms with E-state index in [9.17, 15) is 4.79 Å². The molecule has 1 amide bonds. The van der Waals surface area contributed by atoms with Gasteiger partial charge in [-0.1, -0.05) is 6.42 Å². The van der Waals surface area contributed by atoms with Crippen molar-refractivity contribution in [2.45, 2.75) is 19.3 Å². The van der Waals surface area contributed by atoms with E-state index in [0.29, 0.717) is 15.2 Å². The molecule has 7 heteroatoms. The van der Waals surface area contributed by atoms with E-state index < -0.39 is 0 Å². The van der Waals surface area contributed by atoms with Gasteiger partial charge in [0.05, 0.1) is 7.11 Å². The number of nitrogens with zero attached hydrogens (tertiary/aromatic N) is 2. The molecule has 17 heavy (non-hydrogen) atoms. The normalized spacial score (nSPS) is 16.8. The highest BCUT2D eigenvalue weighted by atomic mass is 79.9. The van der Waals surface area contributed by atoms with E-state index >= 15 is 0 Å². The lowest BCUT2D eigenvalue weighted by atomic mass is 10.2. The van der Waals surface area contributed by atoms with Crippen molar-refractivity contribution in [3.05, 3.63) is 9.35 Å². The van der Waals surface area contributed by atoms with E-state index in [1.807, 2.05) is 5.01 Å². The first-order valence-corrected chi connectivity index (χ1v) is 7.04. The number of ether oxygens (including phenoxy) is 1. The van der Waals surface area contributed by atoms with Crippen molar-refractivity contribution in [2.24, 2.45) is 0 Å². The third kappa shape index (κ3) is 2.97. The Bertz CT molecular complexity index is 404. The quantitative estimate of drug-likeness (QED) is 0.926. The van der Waals surface area contributed by atoms with Gasteiger partial charge in [-0.3, -0.25) is 10.2 Å². The van der Waals surface area contributed by atoms with Gasteiger partial charge in [0.1, 0.15) is 9.35 Å². The zero-order valence-corrected chi connectivity index (χ0v) is 11.9. The van der Waals surface area contributed by atoms with Crippen LogP contribution in [-0.4, -0.2) is 35.5 Å². The maximum atomic E-state index is 12.0. The van der Waals surface area contributed by atoms with E-state index in [1.54, 1.807) is 0 Å². The Hall–Kier alpha value is -0.660. The largest absolute Gasteiger partial charge is 0.480 e. The van der Waals surface area contributed by atoms with Crippen LogP contribution in [0, 0.1) is 0 Å². The number of hydrogen-bond donors (Lipinski definition) is 1. The highest BCUT2D eigenvalue weighted by Gasteiger charge is 2.21. The number of halogens is 1. The molecule has 0 atom stereocenters. The molecule has 0 bridgehead atoms. The van der Waals surface area contributed by atoms with Crippen LogP contribution in [0.3, 0.4) is 0 Å². The molecule has 0 spiro atoms. The highest BCUT2D eigenvalue weighted by Crippen LogP contribution is 2.30. The van der Waals surface area contributed by atoms with Crippen LogP contribution in [-0.2, 0) is 0 Å². The van der Waals surface area contributed by atoms with Crippen molar-refractivity contribution in [3.63, 3.8) is 0 Å². The zero-order chi connectivity index (χ0) is 12.3. The minimum absolute atomic E-state index is 0.125. The van der Waals surface area contributed by atoms with E-state index in [0.717, 1.165) is 37.5 Å². The first-order valence-electron chi connectivity index (χ1n) is 5.47. The molecule has 1 aliphatic rings. The SMILES string of the molecule is COc1nsc(C(=O)NN2CCCCC2)c1Br. The Morgan fingerprint density at radius 3 is 2.76 bits per heavy atom. The lowest BCUT2D eigenvalue weighted by Gasteiger charge is -2.26. The molecule has 1 aliphatic heterocycles. The summed E-state index contributed by atoms with van der Waals surface area (Å²) >= 11 is 4.46. The molecule has 2 rings (SSSR count). The van der Waals surface area contributed by atoms with Gasteiger partial charge in [-0.05, 0) is 40.3 Å². The van der Waals surface area contributed by atoms with Crippen molar-refractivity contribution in [3.8, 4) is 5.88 Å². The second kappa shape index (κ2) is 5.79. The summed E-state index contributed by atoms with van der Waals surface area (Å²) in [7, 11) is 1.53. The predicted octanol–water partition coefficient (Wildman–Crippen LogP) is 2.04. The van der Waals surface area contributed by atoms with Gasteiger partial charge in [-0.25, -0.2) is 5.01 Å². The number of hydrazine groups is 1. The summed E-state index contributed by atoms with van der Waals surface area (Å²) in [6.45, 7) is 1.83. The molecule has 0 aromatic carbocycles. The number of aromatic nitrogens is 1. The highest BCUT2D eigenvalue weighted by molar-refractivity contribution is 9.10. The average Bonchev–Trinajstić information content (AvgIpc) is 2.71. The van der Waals surface area contributed by atoms with Crippen molar-refractivity contribution >= 4 is 33.4 Å². The summed E-state index contributed by atoms with van der Waals surface area (Å²) < 4.78 is 9.69. The second-order valence-electron chi connectivity index (χ2n) is 3.82. The number of carbonyl (C=O) groups excluding carboxylic acids is 1. The standard InChI is InChI=1S/C10H14BrN3O2S/c1-16-10-7(11)8(17-13-10)9(15)12-14-5-3-2-4-6-14/h2-6H2,1H3,(H,12,15). The number of rotatable bonds is 3. The van der Waals surface area contributed by atoms with E-state index in [4.69, 9.17) is 4.74 Å². The van der Waals surface area contributed by atoms with E-state index in [2.05, 4.69) is 25.7 Å². The number of carbonyl (C=O) groups is 1. The van der Waals surface area contributed by atoms with Gasteiger partial charge in [0.15, 0.2) is 0 Å². The van der Waals surface area contributed by atoms with Gasteiger partial charge < -0.3 is 4.74 Å². The number of piperidine rings is 1. The molecular weight excluding hydrogens is 306 g/mol. The number of nitrogens with one attached hydrogen (secondary N) is 1. The van der Waals surface area contributed by atoms with Crippen LogP contribution in [0.1, 0.15) is 28.9 Å². The van der Waals surface area contributed by atoms with Crippen molar-refractivity contribution < 1.29 is 9.53 Å². The maximum absolute atomic E-state index is 12.0. The van der Waals surface area contributed by atoms with Gasteiger partial charge in [-0.15, -0.1) is 0 Å². The monoisotopic (exact) mass is 319 g/mol. The Morgan fingerprint density at radius 2 is 2.18 bits per heavy atom. The van der Waals surface area contributed by atoms with Crippen molar-refractivity contribution in [1.29, 1.82) is 0 Å². The fraction of sp³-hybridized carbons (Fsp3) is 0.600. The molecule has 1 saturated heterocycles. The van der Waals surface area contributed by atoms with Gasteiger partial charge in [-0.2, -0.15) is 4.37 Å².